The summed E-state index contributed by atoms with van der Waals surface area (Å²) in [4.78, 5) is 36.3. The highest BCUT2D eigenvalue weighted by atomic mass is 16.2. The number of fused-ring (bicyclic) bond motifs is 1. The molecule has 1 atom stereocenters. The van der Waals surface area contributed by atoms with Gasteiger partial charge in [-0.05, 0) is 11.6 Å². The van der Waals surface area contributed by atoms with Crippen molar-refractivity contribution >= 4 is 23.1 Å². The predicted molar refractivity (Wildman–Crippen MR) is 71.9 cm³/mol. The molecule has 0 spiro atoms. The molecule has 2 rings (SSSR count). The van der Waals surface area contributed by atoms with Gasteiger partial charge in [0.25, 0.3) is 0 Å². The van der Waals surface area contributed by atoms with E-state index in [-0.39, 0.29) is 11.5 Å². The summed E-state index contributed by atoms with van der Waals surface area (Å²) in [6.45, 7) is 1.35. The number of carbonyl (C=O) groups is 2. The van der Waals surface area contributed by atoms with Crippen LogP contribution in [0.15, 0.2) is 35.1 Å². The van der Waals surface area contributed by atoms with Crippen LogP contribution in [0.25, 0.3) is 10.9 Å². The number of amides is 1. The van der Waals surface area contributed by atoms with Gasteiger partial charge in [0.1, 0.15) is 6.29 Å². The second-order valence-corrected chi connectivity index (χ2v) is 4.35. The summed E-state index contributed by atoms with van der Waals surface area (Å²) in [5.41, 5.74) is 1.24. The molecule has 0 aliphatic heterocycles. The van der Waals surface area contributed by atoms with Crippen LogP contribution in [0.2, 0.25) is 0 Å². The van der Waals surface area contributed by atoms with E-state index in [1.165, 1.54) is 13.0 Å². The number of H-pyrrole nitrogens is 1. The number of benzene rings is 1. The molecule has 0 saturated heterocycles. The lowest BCUT2D eigenvalue weighted by Gasteiger charge is -2.12. The number of nitrogens with one attached hydrogen (secondary N) is 2. The van der Waals surface area contributed by atoms with Gasteiger partial charge in [0, 0.05) is 30.3 Å². The molecular formula is C14H14N2O3. The van der Waals surface area contributed by atoms with E-state index in [0.29, 0.717) is 12.7 Å². The molecule has 1 aromatic heterocycles. The van der Waals surface area contributed by atoms with Crippen molar-refractivity contribution in [2.45, 2.75) is 19.4 Å². The molecule has 2 N–H and O–H groups in total. The first-order chi connectivity index (χ1) is 9.10. The van der Waals surface area contributed by atoms with Gasteiger partial charge in [-0.3, -0.25) is 9.59 Å². The van der Waals surface area contributed by atoms with Crippen LogP contribution >= 0.6 is 0 Å². The summed E-state index contributed by atoms with van der Waals surface area (Å²) in [7, 11) is 0. The van der Waals surface area contributed by atoms with E-state index in [1.54, 1.807) is 6.07 Å². The van der Waals surface area contributed by atoms with Gasteiger partial charge in [-0.2, -0.15) is 0 Å². The number of para-hydroxylation sites is 1. The number of aromatic nitrogens is 1. The van der Waals surface area contributed by atoms with E-state index >= 15 is 0 Å². The molecule has 0 aliphatic rings. The lowest BCUT2D eigenvalue weighted by Crippen LogP contribution is -2.36. The normalized spacial score (nSPS) is 12.1. The SMILES string of the molecule is CC(=O)NC(C=O)Cc1cc(=O)[nH]c2ccccc12. The zero-order chi connectivity index (χ0) is 13.8. The van der Waals surface area contributed by atoms with Crippen LogP contribution in [0.4, 0.5) is 0 Å². The fraction of sp³-hybridized carbons (Fsp3) is 0.214. The largest absolute Gasteiger partial charge is 0.346 e. The van der Waals surface area contributed by atoms with E-state index in [0.717, 1.165) is 16.5 Å². The highest BCUT2D eigenvalue weighted by Gasteiger charge is 2.12. The maximum Gasteiger partial charge on any atom is 0.248 e. The van der Waals surface area contributed by atoms with Crippen LogP contribution in [0.1, 0.15) is 12.5 Å². The molecule has 0 aliphatic carbocycles. The number of hydrogen-bond acceptors (Lipinski definition) is 3. The third-order valence-corrected chi connectivity index (χ3v) is 2.83. The molecule has 1 amide bonds. The Balaban J connectivity index is 2.41. The summed E-state index contributed by atoms with van der Waals surface area (Å²) in [5.74, 6) is -0.272. The smallest absolute Gasteiger partial charge is 0.248 e. The number of pyridine rings is 1. The molecule has 0 saturated carbocycles. The van der Waals surface area contributed by atoms with Gasteiger partial charge in [0.15, 0.2) is 0 Å². The van der Waals surface area contributed by atoms with Crippen molar-refractivity contribution in [3.8, 4) is 0 Å². The minimum absolute atomic E-state index is 0.221. The zero-order valence-electron chi connectivity index (χ0n) is 10.5. The summed E-state index contributed by atoms with van der Waals surface area (Å²) in [6, 6.07) is 8.19. The highest BCUT2D eigenvalue weighted by Crippen LogP contribution is 2.15. The number of rotatable bonds is 4. The van der Waals surface area contributed by atoms with Crippen LogP contribution in [-0.4, -0.2) is 23.2 Å². The van der Waals surface area contributed by atoms with Gasteiger partial charge in [-0.15, -0.1) is 0 Å². The van der Waals surface area contributed by atoms with Gasteiger partial charge in [-0.1, -0.05) is 18.2 Å². The van der Waals surface area contributed by atoms with Crippen molar-refractivity contribution in [3.63, 3.8) is 0 Å². The van der Waals surface area contributed by atoms with Crippen LogP contribution in [0.5, 0.6) is 0 Å². The third kappa shape index (κ3) is 3.07. The van der Waals surface area contributed by atoms with E-state index < -0.39 is 6.04 Å². The van der Waals surface area contributed by atoms with Crippen molar-refractivity contribution in [3.05, 3.63) is 46.2 Å². The van der Waals surface area contributed by atoms with Crippen molar-refractivity contribution in [2.24, 2.45) is 0 Å². The summed E-state index contributed by atoms with van der Waals surface area (Å²) in [6.07, 6.45) is 0.977. The first-order valence-corrected chi connectivity index (χ1v) is 5.93. The predicted octanol–water partition coefficient (Wildman–Crippen LogP) is 0.774. The molecule has 5 nitrogen and oxygen atoms in total. The lowest BCUT2D eigenvalue weighted by molar-refractivity contribution is -0.122. The third-order valence-electron chi connectivity index (χ3n) is 2.83. The first kappa shape index (κ1) is 13.0. The lowest BCUT2D eigenvalue weighted by atomic mass is 10.0. The number of aldehydes is 1. The van der Waals surface area contributed by atoms with Crippen LogP contribution < -0.4 is 10.9 Å². The quantitative estimate of drug-likeness (QED) is 0.795. The number of hydrogen-bond donors (Lipinski definition) is 2. The van der Waals surface area contributed by atoms with Crippen LogP contribution in [0.3, 0.4) is 0 Å². The molecule has 98 valence electrons. The Morgan fingerprint density at radius 1 is 1.42 bits per heavy atom. The Bertz CT molecular complexity index is 676. The Morgan fingerprint density at radius 2 is 2.16 bits per heavy atom. The minimum atomic E-state index is -0.622. The van der Waals surface area contributed by atoms with Gasteiger partial charge < -0.3 is 15.1 Å². The topological polar surface area (TPSA) is 79.0 Å². The fourth-order valence-electron chi connectivity index (χ4n) is 2.08. The Hall–Kier alpha value is -2.43. The van der Waals surface area contributed by atoms with Crippen molar-refractivity contribution < 1.29 is 9.59 Å². The maximum absolute atomic E-state index is 11.6. The summed E-state index contributed by atoms with van der Waals surface area (Å²) < 4.78 is 0. The van der Waals surface area contributed by atoms with E-state index in [4.69, 9.17) is 0 Å². The highest BCUT2D eigenvalue weighted by molar-refractivity contribution is 5.83. The van der Waals surface area contributed by atoms with Crippen molar-refractivity contribution in [1.29, 1.82) is 0 Å². The monoisotopic (exact) mass is 258 g/mol. The molecule has 19 heavy (non-hydrogen) atoms. The summed E-state index contributed by atoms with van der Waals surface area (Å²) >= 11 is 0. The minimum Gasteiger partial charge on any atom is -0.346 e. The van der Waals surface area contributed by atoms with Crippen molar-refractivity contribution in [2.75, 3.05) is 0 Å². The molecule has 0 fully saturated rings. The van der Waals surface area contributed by atoms with Crippen LogP contribution in [-0.2, 0) is 16.0 Å². The van der Waals surface area contributed by atoms with Crippen LogP contribution in [0, 0.1) is 0 Å². The molecule has 0 bridgehead atoms. The van der Waals surface area contributed by atoms with E-state index in [9.17, 15) is 14.4 Å². The molecule has 0 radical (unpaired) electrons. The van der Waals surface area contributed by atoms with E-state index in [1.807, 2.05) is 18.2 Å². The molecular weight excluding hydrogens is 244 g/mol. The Morgan fingerprint density at radius 3 is 2.84 bits per heavy atom. The second kappa shape index (κ2) is 5.48. The average molecular weight is 258 g/mol. The average Bonchev–Trinajstić information content (AvgIpc) is 2.37. The number of carbonyl (C=O) groups excluding carboxylic acids is 2. The first-order valence-electron chi connectivity index (χ1n) is 5.93. The fourth-order valence-corrected chi connectivity index (χ4v) is 2.08. The molecule has 1 aromatic carbocycles. The Labute approximate surface area is 109 Å². The molecule has 2 aromatic rings. The zero-order valence-corrected chi connectivity index (χ0v) is 10.5. The second-order valence-electron chi connectivity index (χ2n) is 4.35. The van der Waals surface area contributed by atoms with Gasteiger partial charge in [0.2, 0.25) is 11.5 Å². The standard InChI is InChI=1S/C14H14N2O3/c1-9(18)15-11(8-17)6-10-7-14(19)16-13-5-3-2-4-12(10)13/h2-5,7-8,11H,6H2,1H3,(H,15,18)(H,16,19). The number of aromatic amines is 1. The maximum atomic E-state index is 11.6. The van der Waals surface area contributed by atoms with Gasteiger partial charge in [0.05, 0.1) is 6.04 Å². The summed E-state index contributed by atoms with van der Waals surface area (Å²) in [5, 5.41) is 3.42. The molecule has 5 heteroatoms. The van der Waals surface area contributed by atoms with E-state index in [2.05, 4.69) is 10.3 Å². The van der Waals surface area contributed by atoms with Crippen molar-refractivity contribution in [1.82, 2.24) is 10.3 Å². The van der Waals surface area contributed by atoms with Gasteiger partial charge >= 0.3 is 0 Å². The molecule has 1 unspecified atom stereocenters. The molecule has 1 heterocycles. The van der Waals surface area contributed by atoms with Gasteiger partial charge in [-0.25, -0.2) is 0 Å². The Kier molecular flexibility index (Phi) is 3.75.